The number of methoxy groups -OCH3 is 1. The molecular weight excluding hydrogens is 470 g/mol. The third-order valence-electron chi connectivity index (χ3n) is 5.66. The van der Waals surface area contributed by atoms with Crippen molar-refractivity contribution in [1.82, 2.24) is 24.6 Å². The van der Waals surface area contributed by atoms with E-state index in [4.69, 9.17) is 14.7 Å². The number of thiazole rings is 1. The molecule has 0 amide bonds. The Bertz CT molecular complexity index is 1720. The van der Waals surface area contributed by atoms with Crippen LogP contribution in [0, 0.1) is 0 Å². The number of hydrogen-bond donors (Lipinski definition) is 0. The fourth-order valence-electron chi connectivity index (χ4n) is 3.84. The van der Waals surface area contributed by atoms with Crippen LogP contribution in [0.2, 0.25) is 0 Å². The molecule has 0 N–H and O–H groups in total. The molecule has 174 valence electrons. The zero-order valence-corrected chi connectivity index (χ0v) is 20.0. The zero-order valence-electron chi connectivity index (χ0n) is 19.2. The minimum Gasteiger partial charge on any atom is -0.497 e. The molecule has 0 unspecified atom stereocenters. The zero-order chi connectivity index (χ0) is 24.5. The molecule has 6 rings (SSSR count). The minimum atomic E-state index is -0.230. The smallest absolute Gasteiger partial charge is 0.291 e. The second-order valence-corrected chi connectivity index (χ2v) is 9.02. The highest BCUT2D eigenvalue weighted by Crippen LogP contribution is 2.26. The quantitative estimate of drug-likeness (QED) is 0.355. The molecule has 3 aromatic carbocycles. The van der Waals surface area contributed by atoms with Crippen LogP contribution in [-0.4, -0.2) is 31.7 Å². The topological polar surface area (TPSA) is 82.3 Å². The first kappa shape index (κ1) is 21.8. The number of rotatable bonds is 5. The van der Waals surface area contributed by atoms with Gasteiger partial charge in [-0.3, -0.25) is 4.79 Å². The maximum Gasteiger partial charge on any atom is 0.291 e. The van der Waals surface area contributed by atoms with Crippen LogP contribution in [0.25, 0.3) is 45.2 Å². The molecule has 7 nitrogen and oxygen atoms in total. The van der Waals surface area contributed by atoms with E-state index in [-0.39, 0.29) is 5.56 Å². The average molecular weight is 490 g/mol. The lowest BCUT2D eigenvalue weighted by molar-refractivity contribution is 0.415. The fraction of sp³-hybridized carbons (Fsp3) is 0.0357. The summed E-state index contributed by atoms with van der Waals surface area (Å²) in [7, 11) is 1.62. The molecule has 0 atom stereocenters. The van der Waals surface area contributed by atoms with Gasteiger partial charge in [0.2, 0.25) is 16.6 Å². The summed E-state index contributed by atoms with van der Waals surface area (Å²) >= 11 is 1.28. The maximum atomic E-state index is 13.1. The van der Waals surface area contributed by atoms with Crippen molar-refractivity contribution in [2.45, 2.75) is 0 Å². The third kappa shape index (κ3) is 4.14. The second kappa shape index (κ2) is 9.16. The molecule has 0 saturated carbocycles. The van der Waals surface area contributed by atoms with Crippen LogP contribution in [0.15, 0.2) is 95.8 Å². The Morgan fingerprint density at radius 3 is 1.94 bits per heavy atom. The Hall–Kier alpha value is -4.69. The molecule has 3 heterocycles. The minimum absolute atomic E-state index is 0.230. The van der Waals surface area contributed by atoms with Crippen LogP contribution in [0.4, 0.5) is 0 Å². The molecule has 3 aromatic heterocycles. The second-order valence-electron chi connectivity index (χ2n) is 8.01. The number of hydrogen-bond acceptors (Lipinski definition) is 7. The van der Waals surface area contributed by atoms with E-state index in [0.29, 0.717) is 21.1 Å². The van der Waals surface area contributed by atoms with Crippen molar-refractivity contribution in [1.29, 1.82) is 0 Å². The number of nitrogens with zero attached hydrogens (tertiary/aromatic N) is 5. The highest BCUT2D eigenvalue weighted by atomic mass is 32.1. The van der Waals surface area contributed by atoms with Gasteiger partial charge in [0.25, 0.3) is 5.56 Å². The number of ether oxygens (including phenoxy) is 1. The molecule has 0 radical (unpaired) electrons. The Labute approximate surface area is 210 Å². The van der Waals surface area contributed by atoms with Crippen molar-refractivity contribution in [3.8, 4) is 39.9 Å². The predicted molar refractivity (Wildman–Crippen MR) is 141 cm³/mol. The summed E-state index contributed by atoms with van der Waals surface area (Å²) in [4.78, 5) is 27.6. The van der Waals surface area contributed by atoms with E-state index >= 15 is 0 Å². The Kier molecular flexibility index (Phi) is 5.55. The maximum absolute atomic E-state index is 13.1. The summed E-state index contributed by atoms with van der Waals surface area (Å²) in [6, 6.07) is 29.2. The average Bonchev–Trinajstić information content (AvgIpc) is 3.49. The van der Waals surface area contributed by atoms with E-state index < -0.39 is 0 Å². The lowest BCUT2D eigenvalue weighted by Crippen LogP contribution is -2.23. The molecule has 0 fully saturated rings. The predicted octanol–water partition coefficient (Wildman–Crippen LogP) is 4.50. The highest BCUT2D eigenvalue weighted by molar-refractivity contribution is 7.15. The van der Waals surface area contributed by atoms with Crippen molar-refractivity contribution in [2.75, 3.05) is 7.11 Å². The lowest BCUT2D eigenvalue weighted by Gasteiger charge is -2.07. The van der Waals surface area contributed by atoms with Crippen LogP contribution in [0.5, 0.6) is 5.75 Å². The molecule has 36 heavy (non-hydrogen) atoms. The Balaban J connectivity index is 1.45. The molecular formula is C28H19N5O2S. The lowest BCUT2D eigenvalue weighted by atomic mass is 10.1. The standard InChI is InChI=1S/C28H19N5O2S/c1-35-21-14-12-18(13-15-21)16-24-27(34)33-28(36-24)31-26(32-33)25-29-22(19-8-4-2-5-9-19)17-23(30-25)20-10-6-3-7-11-20/h2-17H,1H3/b24-16+. The van der Waals surface area contributed by atoms with Crippen molar-refractivity contribution >= 4 is 22.4 Å². The van der Waals surface area contributed by atoms with Gasteiger partial charge in [0.15, 0.2) is 0 Å². The van der Waals surface area contributed by atoms with Crippen LogP contribution in [0.1, 0.15) is 5.56 Å². The Morgan fingerprint density at radius 1 is 0.778 bits per heavy atom. The van der Waals surface area contributed by atoms with Crippen molar-refractivity contribution < 1.29 is 4.74 Å². The monoisotopic (exact) mass is 489 g/mol. The molecule has 0 aliphatic heterocycles. The van der Waals surface area contributed by atoms with Crippen molar-refractivity contribution in [3.05, 3.63) is 111 Å². The van der Waals surface area contributed by atoms with Gasteiger partial charge in [0.05, 0.1) is 23.0 Å². The first-order valence-corrected chi connectivity index (χ1v) is 12.1. The molecule has 0 saturated heterocycles. The summed E-state index contributed by atoms with van der Waals surface area (Å²) in [5, 5.41) is 4.48. The number of benzene rings is 3. The van der Waals surface area contributed by atoms with E-state index in [0.717, 1.165) is 33.8 Å². The Morgan fingerprint density at radius 2 is 1.39 bits per heavy atom. The van der Waals surface area contributed by atoms with Gasteiger partial charge >= 0.3 is 0 Å². The van der Waals surface area contributed by atoms with Gasteiger partial charge in [-0.1, -0.05) is 84.1 Å². The summed E-state index contributed by atoms with van der Waals surface area (Å²) in [5.41, 5.74) is 4.10. The van der Waals surface area contributed by atoms with E-state index in [9.17, 15) is 4.79 Å². The molecule has 0 spiro atoms. The number of fused-ring (bicyclic) bond motifs is 1. The van der Waals surface area contributed by atoms with Gasteiger partial charge in [0, 0.05) is 11.1 Å². The third-order valence-corrected chi connectivity index (χ3v) is 6.62. The summed E-state index contributed by atoms with van der Waals surface area (Å²) < 4.78 is 7.06. The largest absolute Gasteiger partial charge is 0.497 e. The van der Waals surface area contributed by atoms with E-state index in [1.165, 1.54) is 15.9 Å². The molecule has 0 bridgehead atoms. The van der Waals surface area contributed by atoms with Gasteiger partial charge in [-0.25, -0.2) is 9.97 Å². The van der Waals surface area contributed by atoms with Gasteiger partial charge in [-0.05, 0) is 29.8 Å². The van der Waals surface area contributed by atoms with Crippen LogP contribution in [-0.2, 0) is 0 Å². The van der Waals surface area contributed by atoms with Crippen LogP contribution in [0.3, 0.4) is 0 Å². The van der Waals surface area contributed by atoms with E-state index in [1.54, 1.807) is 7.11 Å². The molecule has 8 heteroatoms. The molecule has 6 aromatic rings. The highest BCUT2D eigenvalue weighted by Gasteiger charge is 2.17. The van der Waals surface area contributed by atoms with Gasteiger partial charge in [0.1, 0.15) is 5.75 Å². The van der Waals surface area contributed by atoms with Gasteiger partial charge in [-0.15, -0.1) is 5.10 Å². The first-order chi connectivity index (χ1) is 17.7. The normalized spacial score (nSPS) is 11.8. The number of aromatic nitrogens is 5. The SMILES string of the molecule is COc1ccc(/C=c2/sc3nc(-c4nc(-c5ccccc5)cc(-c5ccccc5)n4)nn3c2=O)cc1. The van der Waals surface area contributed by atoms with Crippen LogP contribution >= 0.6 is 11.3 Å². The fourth-order valence-corrected chi connectivity index (χ4v) is 4.75. The van der Waals surface area contributed by atoms with Crippen molar-refractivity contribution in [2.24, 2.45) is 0 Å². The van der Waals surface area contributed by atoms with Gasteiger partial charge < -0.3 is 4.74 Å². The van der Waals surface area contributed by atoms with Gasteiger partial charge in [-0.2, -0.15) is 9.50 Å². The molecule has 0 aliphatic rings. The summed E-state index contributed by atoms with van der Waals surface area (Å²) in [5.74, 6) is 1.44. The summed E-state index contributed by atoms with van der Waals surface area (Å²) in [6.45, 7) is 0. The van der Waals surface area contributed by atoms with Crippen molar-refractivity contribution in [3.63, 3.8) is 0 Å². The van der Waals surface area contributed by atoms with E-state index in [2.05, 4.69) is 10.1 Å². The first-order valence-electron chi connectivity index (χ1n) is 11.2. The molecule has 0 aliphatic carbocycles. The van der Waals surface area contributed by atoms with Crippen LogP contribution < -0.4 is 14.8 Å². The van der Waals surface area contributed by atoms with E-state index in [1.807, 2.05) is 97.1 Å². The summed E-state index contributed by atoms with van der Waals surface area (Å²) in [6.07, 6.45) is 1.82.